The fourth-order valence-corrected chi connectivity index (χ4v) is 4.32. The normalized spacial score (nSPS) is 19.9. The SMILES string of the molecule is CN=C(NCC1CCN(CCOC)CC1)NCC(c1ccc(F)cc1)N1CCOCC1.I. The van der Waals surface area contributed by atoms with Crippen molar-refractivity contribution in [1.29, 1.82) is 0 Å². The summed E-state index contributed by atoms with van der Waals surface area (Å²) in [7, 11) is 3.57. The molecular formula is C23H39FIN5O2. The van der Waals surface area contributed by atoms with Gasteiger partial charge in [0.25, 0.3) is 0 Å². The molecule has 2 aliphatic rings. The van der Waals surface area contributed by atoms with Gasteiger partial charge in [-0.1, -0.05) is 12.1 Å². The molecule has 1 aromatic carbocycles. The molecule has 0 bridgehead atoms. The molecule has 2 N–H and O–H groups in total. The zero-order valence-corrected chi connectivity index (χ0v) is 21.7. The maximum absolute atomic E-state index is 13.4. The number of methoxy groups -OCH3 is 1. The Morgan fingerprint density at radius 2 is 1.84 bits per heavy atom. The largest absolute Gasteiger partial charge is 0.383 e. The summed E-state index contributed by atoms with van der Waals surface area (Å²) in [5.74, 6) is 1.27. The molecule has 0 aliphatic carbocycles. The highest BCUT2D eigenvalue weighted by atomic mass is 127. The molecular weight excluding hydrogens is 524 g/mol. The number of nitrogens with zero attached hydrogens (tertiary/aromatic N) is 3. The Balaban J connectivity index is 0.00000363. The van der Waals surface area contributed by atoms with Crippen LogP contribution in [0.3, 0.4) is 0 Å². The van der Waals surface area contributed by atoms with Gasteiger partial charge in [-0.05, 0) is 49.5 Å². The third-order valence-electron chi connectivity index (χ3n) is 6.30. The monoisotopic (exact) mass is 563 g/mol. The van der Waals surface area contributed by atoms with Crippen LogP contribution < -0.4 is 10.6 Å². The number of nitrogens with one attached hydrogen (secondary N) is 2. The van der Waals surface area contributed by atoms with Crippen LogP contribution in [0.2, 0.25) is 0 Å². The van der Waals surface area contributed by atoms with Crippen LogP contribution in [-0.2, 0) is 9.47 Å². The Morgan fingerprint density at radius 1 is 1.16 bits per heavy atom. The molecule has 2 heterocycles. The zero-order valence-electron chi connectivity index (χ0n) is 19.4. The number of morpholine rings is 1. The second-order valence-electron chi connectivity index (χ2n) is 8.33. The summed E-state index contributed by atoms with van der Waals surface area (Å²) in [6, 6.07) is 6.98. The third-order valence-corrected chi connectivity index (χ3v) is 6.30. The van der Waals surface area contributed by atoms with Gasteiger partial charge in [-0.2, -0.15) is 0 Å². The Hall–Kier alpha value is -1.01. The first-order valence-corrected chi connectivity index (χ1v) is 11.4. The van der Waals surface area contributed by atoms with E-state index in [0.717, 1.165) is 70.6 Å². The van der Waals surface area contributed by atoms with E-state index in [1.54, 1.807) is 7.11 Å². The van der Waals surface area contributed by atoms with E-state index < -0.39 is 0 Å². The molecule has 182 valence electrons. The van der Waals surface area contributed by atoms with E-state index >= 15 is 0 Å². The first kappa shape index (κ1) is 27.2. The van der Waals surface area contributed by atoms with Gasteiger partial charge in [0.1, 0.15) is 5.82 Å². The maximum Gasteiger partial charge on any atom is 0.191 e. The van der Waals surface area contributed by atoms with E-state index in [1.165, 1.54) is 25.0 Å². The second kappa shape index (κ2) is 15.0. The molecule has 0 radical (unpaired) electrons. The summed E-state index contributed by atoms with van der Waals surface area (Å²) in [4.78, 5) is 9.29. The minimum absolute atomic E-state index is 0. The van der Waals surface area contributed by atoms with Crippen molar-refractivity contribution in [3.63, 3.8) is 0 Å². The van der Waals surface area contributed by atoms with Crippen molar-refractivity contribution in [2.75, 3.05) is 79.8 Å². The Bertz CT molecular complexity index is 665. The lowest BCUT2D eigenvalue weighted by molar-refractivity contribution is 0.0170. The summed E-state index contributed by atoms with van der Waals surface area (Å²) in [6.07, 6.45) is 2.39. The number of guanidine groups is 1. The van der Waals surface area contributed by atoms with Crippen molar-refractivity contribution < 1.29 is 13.9 Å². The van der Waals surface area contributed by atoms with Gasteiger partial charge in [-0.15, -0.1) is 24.0 Å². The number of piperidine rings is 1. The lowest BCUT2D eigenvalue weighted by atomic mass is 9.97. The number of halogens is 2. The fraction of sp³-hybridized carbons (Fsp3) is 0.696. The Morgan fingerprint density at radius 3 is 2.47 bits per heavy atom. The number of hydrogen-bond acceptors (Lipinski definition) is 5. The van der Waals surface area contributed by atoms with Crippen LogP contribution >= 0.6 is 24.0 Å². The Kier molecular flexibility index (Phi) is 12.8. The van der Waals surface area contributed by atoms with E-state index in [2.05, 4.69) is 25.4 Å². The summed E-state index contributed by atoms with van der Waals surface area (Å²) in [6.45, 7) is 8.93. The number of benzene rings is 1. The minimum Gasteiger partial charge on any atom is -0.383 e. The van der Waals surface area contributed by atoms with Crippen molar-refractivity contribution in [3.8, 4) is 0 Å². The molecule has 1 unspecified atom stereocenters. The van der Waals surface area contributed by atoms with E-state index in [1.807, 2.05) is 19.2 Å². The average Bonchev–Trinajstić information content (AvgIpc) is 2.82. The van der Waals surface area contributed by atoms with Crippen LogP contribution in [0.1, 0.15) is 24.4 Å². The fourth-order valence-electron chi connectivity index (χ4n) is 4.32. The molecule has 0 saturated carbocycles. The predicted octanol–water partition coefficient (Wildman–Crippen LogP) is 2.34. The van der Waals surface area contributed by atoms with Gasteiger partial charge in [0, 0.05) is 46.9 Å². The van der Waals surface area contributed by atoms with Crippen molar-refractivity contribution in [1.82, 2.24) is 20.4 Å². The molecule has 1 atom stereocenters. The number of aliphatic imine (C=N–C) groups is 1. The zero-order chi connectivity index (χ0) is 21.9. The molecule has 2 fully saturated rings. The van der Waals surface area contributed by atoms with Gasteiger partial charge < -0.3 is 25.0 Å². The molecule has 3 rings (SSSR count). The number of likely N-dealkylation sites (tertiary alicyclic amines) is 1. The lowest BCUT2D eigenvalue weighted by Gasteiger charge is -2.35. The van der Waals surface area contributed by atoms with Crippen LogP contribution in [0, 0.1) is 11.7 Å². The lowest BCUT2D eigenvalue weighted by Crippen LogP contribution is -2.47. The van der Waals surface area contributed by atoms with Crippen molar-refractivity contribution in [2.45, 2.75) is 18.9 Å². The molecule has 7 nitrogen and oxygen atoms in total. The highest BCUT2D eigenvalue weighted by Gasteiger charge is 2.23. The van der Waals surface area contributed by atoms with Gasteiger partial charge in [-0.25, -0.2) is 4.39 Å². The molecule has 0 amide bonds. The minimum atomic E-state index is -0.205. The van der Waals surface area contributed by atoms with Crippen LogP contribution in [0.4, 0.5) is 4.39 Å². The van der Waals surface area contributed by atoms with E-state index in [4.69, 9.17) is 9.47 Å². The molecule has 2 saturated heterocycles. The van der Waals surface area contributed by atoms with Crippen molar-refractivity contribution in [2.24, 2.45) is 10.9 Å². The number of hydrogen-bond donors (Lipinski definition) is 2. The molecule has 32 heavy (non-hydrogen) atoms. The van der Waals surface area contributed by atoms with Crippen molar-refractivity contribution in [3.05, 3.63) is 35.6 Å². The van der Waals surface area contributed by atoms with Crippen LogP contribution in [-0.4, -0.2) is 95.6 Å². The standard InChI is InChI=1S/C23H38FN5O2.HI/c1-25-23(26-17-19-7-9-28(10-8-19)11-14-30-2)27-18-22(29-12-15-31-16-13-29)20-3-5-21(24)6-4-20;/h3-6,19,22H,7-18H2,1-2H3,(H2,25,26,27);1H. The van der Waals surface area contributed by atoms with E-state index in [9.17, 15) is 4.39 Å². The van der Waals surface area contributed by atoms with Gasteiger partial charge >= 0.3 is 0 Å². The van der Waals surface area contributed by atoms with Gasteiger partial charge in [0.2, 0.25) is 0 Å². The smallest absolute Gasteiger partial charge is 0.191 e. The van der Waals surface area contributed by atoms with Crippen LogP contribution in [0.25, 0.3) is 0 Å². The molecule has 0 spiro atoms. The number of rotatable bonds is 9. The topological polar surface area (TPSA) is 61.4 Å². The van der Waals surface area contributed by atoms with E-state index in [0.29, 0.717) is 12.5 Å². The van der Waals surface area contributed by atoms with E-state index in [-0.39, 0.29) is 35.8 Å². The first-order valence-electron chi connectivity index (χ1n) is 11.4. The molecule has 1 aromatic rings. The predicted molar refractivity (Wildman–Crippen MR) is 137 cm³/mol. The quantitative estimate of drug-likeness (QED) is 0.274. The van der Waals surface area contributed by atoms with Gasteiger partial charge in [0.05, 0.1) is 25.9 Å². The first-order chi connectivity index (χ1) is 15.2. The summed E-state index contributed by atoms with van der Waals surface area (Å²) in [5, 5.41) is 7.00. The summed E-state index contributed by atoms with van der Waals surface area (Å²) in [5.41, 5.74) is 1.11. The highest BCUT2D eigenvalue weighted by Crippen LogP contribution is 2.22. The van der Waals surface area contributed by atoms with Gasteiger partial charge in [-0.3, -0.25) is 9.89 Å². The van der Waals surface area contributed by atoms with Gasteiger partial charge in [0.15, 0.2) is 5.96 Å². The van der Waals surface area contributed by atoms with Crippen LogP contribution in [0.5, 0.6) is 0 Å². The molecule has 2 aliphatic heterocycles. The van der Waals surface area contributed by atoms with Crippen molar-refractivity contribution >= 4 is 29.9 Å². The maximum atomic E-state index is 13.4. The van der Waals surface area contributed by atoms with Crippen LogP contribution in [0.15, 0.2) is 29.3 Å². The second-order valence-corrected chi connectivity index (χ2v) is 8.33. The molecule has 9 heteroatoms. The third kappa shape index (κ3) is 8.74. The summed E-state index contributed by atoms with van der Waals surface area (Å²) < 4.78 is 24.1. The summed E-state index contributed by atoms with van der Waals surface area (Å²) >= 11 is 0. The number of ether oxygens (including phenoxy) is 2. The Labute approximate surface area is 209 Å². The highest BCUT2D eigenvalue weighted by molar-refractivity contribution is 14.0. The average molecular weight is 564 g/mol. The molecule has 0 aromatic heterocycles.